The number of aromatic nitrogens is 3. The number of carboxylic acid groups (broad SMARTS) is 1. The van der Waals surface area contributed by atoms with Crippen LogP contribution in [0.1, 0.15) is 36.3 Å². The number of nitrogens with one attached hydrogen (secondary N) is 1. The van der Waals surface area contributed by atoms with Crippen LogP contribution >= 0.6 is 0 Å². The normalized spacial score (nSPS) is 11.7. The fourth-order valence-corrected chi connectivity index (χ4v) is 1.64. The molecule has 2 heterocycles. The van der Waals surface area contributed by atoms with E-state index < -0.39 is 5.97 Å². The van der Waals surface area contributed by atoms with E-state index in [4.69, 9.17) is 9.84 Å². The molecule has 0 fully saturated rings. The number of carbonyl (C=O) groups is 1. The maximum Gasteiger partial charge on any atom is 0.356 e. The highest BCUT2D eigenvalue weighted by atomic mass is 16.5. The van der Waals surface area contributed by atoms with E-state index in [0.29, 0.717) is 18.2 Å². The van der Waals surface area contributed by atoms with Crippen molar-refractivity contribution in [1.29, 1.82) is 0 Å². The molecular formula is C15H18N4O3. The Morgan fingerprint density at radius 2 is 2.18 bits per heavy atom. The van der Waals surface area contributed by atoms with E-state index in [1.54, 1.807) is 6.20 Å². The van der Waals surface area contributed by atoms with E-state index in [9.17, 15) is 4.79 Å². The lowest BCUT2D eigenvalue weighted by molar-refractivity contribution is 0.0690. The van der Waals surface area contributed by atoms with Crippen LogP contribution < -0.4 is 10.1 Å². The summed E-state index contributed by atoms with van der Waals surface area (Å²) in [7, 11) is 0. The van der Waals surface area contributed by atoms with Crippen LogP contribution in [0.3, 0.4) is 0 Å². The molecule has 0 spiro atoms. The molecule has 0 aliphatic carbocycles. The molecule has 0 saturated carbocycles. The summed E-state index contributed by atoms with van der Waals surface area (Å²) in [5, 5.41) is 11.8. The number of ether oxygens (including phenoxy) is 1. The van der Waals surface area contributed by atoms with Gasteiger partial charge in [0.25, 0.3) is 0 Å². The van der Waals surface area contributed by atoms with Crippen molar-refractivity contribution < 1.29 is 14.6 Å². The second-order valence-corrected chi connectivity index (χ2v) is 4.78. The molecule has 2 rings (SSSR count). The Kier molecular flexibility index (Phi) is 5.24. The third-order valence-corrected chi connectivity index (χ3v) is 3.04. The fraction of sp³-hybridized carbons (Fsp3) is 0.333. The maximum atomic E-state index is 10.7. The van der Waals surface area contributed by atoms with Gasteiger partial charge in [-0.15, -0.1) is 0 Å². The Morgan fingerprint density at radius 1 is 1.36 bits per heavy atom. The molecule has 22 heavy (non-hydrogen) atoms. The molecule has 0 bridgehead atoms. The number of hydrogen-bond acceptors (Lipinski definition) is 6. The molecule has 0 amide bonds. The number of anilines is 1. The van der Waals surface area contributed by atoms with Gasteiger partial charge in [-0.1, -0.05) is 6.92 Å². The van der Waals surface area contributed by atoms with Crippen LogP contribution in [0.5, 0.6) is 5.88 Å². The van der Waals surface area contributed by atoms with Gasteiger partial charge in [-0.05, 0) is 25.0 Å². The number of aromatic carboxylic acids is 1. The van der Waals surface area contributed by atoms with E-state index in [1.165, 1.54) is 12.4 Å². The van der Waals surface area contributed by atoms with Gasteiger partial charge >= 0.3 is 5.97 Å². The lowest BCUT2D eigenvalue weighted by Gasteiger charge is -2.12. The van der Waals surface area contributed by atoms with Gasteiger partial charge in [0.15, 0.2) is 5.69 Å². The van der Waals surface area contributed by atoms with Gasteiger partial charge in [0, 0.05) is 18.8 Å². The number of pyridine rings is 1. The van der Waals surface area contributed by atoms with Crippen molar-refractivity contribution in [3.63, 3.8) is 0 Å². The van der Waals surface area contributed by atoms with Crippen LogP contribution in [0, 0.1) is 0 Å². The van der Waals surface area contributed by atoms with Gasteiger partial charge in [-0.25, -0.2) is 19.7 Å². The number of rotatable bonds is 7. The van der Waals surface area contributed by atoms with Crippen LogP contribution in [-0.4, -0.2) is 32.1 Å². The van der Waals surface area contributed by atoms with Crippen molar-refractivity contribution in [3.8, 4) is 5.88 Å². The summed E-state index contributed by atoms with van der Waals surface area (Å²) in [5.74, 6) is -0.00724. The van der Waals surface area contributed by atoms with Gasteiger partial charge in [0.05, 0.1) is 18.5 Å². The molecule has 2 N–H and O–H groups in total. The van der Waals surface area contributed by atoms with Crippen molar-refractivity contribution in [3.05, 3.63) is 42.0 Å². The molecule has 2 aromatic heterocycles. The Bertz CT molecular complexity index is 631. The molecule has 1 atom stereocenters. The molecule has 0 saturated heterocycles. The average Bonchev–Trinajstić information content (AvgIpc) is 2.53. The quantitative estimate of drug-likeness (QED) is 0.810. The molecular weight excluding hydrogens is 284 g/mol. The number of carboxylic acids is 1. The standard InChI is InChI=1S/C15H18N4O3/c1-3-10(2)22-14-6-11(4-5-16-14)7-18-13-9-17-12(8-19-13)15(20)21/h4-6,8-10H,3,7H2,1-2H3,(H,18,19)(H,20,21). The summed E-state index contributed by atoms with van der Waals surface area (Å²) in [4.78, 5) is 22.7. The zero-order valence-electron chi connectivity index (χ0n) is 12.5. The van der Waals surface area contributed by atoms with Gasteiger partial charge in [0.1, 0.15) is 5.82 Å². The molecule has 116 valence electrons. The van der Waals surface area contributed by atoms with Crippen molar-refractivity contribution in [1.82, 2.24) is 15.0 Å². The SMILES string of the molecule is CCC(C)Oc1cc(CNc2cnc(C(=O)O)cn2)ccn1. The zero-order chi connectivity index (χ0) is 15.9. The number of nitrogens with zero attached hydrogens (tertiary/aromatic N) is 3. The second-order valence-electron chi connectivity index (χ2n) is 4.78. The highest BCUT2D eigenvalue weighted by molar-refractivity contribution is 5.84. The molecule has 0 aliphatic rings. The Morgan fingerprint density at radius 3 is 2.82 bits per heavy atom. The van der Waals surface area contributed by atoms with Crippen LogP contribution in [0.25, 0.3) is 0 Å². The number of hydrogen-bond donors (Lipinski definition) is 2. The summed E-state index contributed by atoms with van der Waals surface area (Å²) in [6.45, 7) is 4.56. The van der Waals surface area contributed by atoms with E-state index >= 15 is 0 Å². The predicted molar refractivity (Wildman–Crippen MR) is 80.9 cm³/mol. The van der Waals surface area contributed by atoms with Crippen LogP contribution in [0.4, 0.5) is 5.82 Å². The van der Waals surface area contributed by atoms with Gasteiger partial charge in [-0.3, -0.25) is 0 Å². The first-order chi connectivity index (χ1) is 10.6. The lowest BCUT2D eigenvalue weighted by atomic mass is 10.2. The van der Waals surface area contributed by atoms with Crippen molar-refractivity contribution in [2.75, 3.05) is 5.32 Å². The van der Waals surface area contributed by atoms with Crippen LogP contribution in [0.15, 0.2) is 30.7 Å². The first kappa shape index (κ1) is 15.7. The monoisotopic (exact) mass is 302 g/mol. The summed E-state index contributed by atoms with van der Waals surface area (Å²) in [6, 6.07) is 3.73. The summed E-state index contributed by atoms with van der Waals surface area (Å²) in [5.41, 5.74) is 0.899. The van der Waals surface area contributed by atoms with E-state index in [0.717, 1.165) is 12.0 Å². The summed E-state index contributed by atoms with van der Waals surface area (Å²) >= 11 is 0. The predicted octanol–water partition coefficient (Wildman–Crippen LogP) is 2.36. The molecule has 0 radical (unpaired) electrons. The topological polar surface area (TPSA) is 97.2 Å². The van der Waals surface area contributed by atoms with Crippen molar-refractivity contribution in [2.24, 2.45) is 0 Å². The smallest absolute Gasteiger partial charge is 0.356 e. The minimum absolute atomic E-state index is 0.0845. The Balaban J connectivity index is 1.96. The largest absolute Gasteiger partial charge is 0.476 e. The minimum atomic E-state index is -1.10. The second kappa shape index (κ2) is 7.35. The molecule has 7 nitrogen and oxygen atoms in total. The average molecular weight is 302 g/mol. The summed E-state index contributed by atoms with van der Waals surface area (Å²) < 4.78 is 5.67. The fourth-order valence-electron chi connectivity index (χ4n) is 1.64. The third kappa shape index (κ3) is 4.41. The zero-order valence-corrected chi connectivity index (χ0v) is 12.5. The first-order valence-corrected chi connectivity index (χ1v) is 6.99. The molecule has 7 heteroatoms. The first-order valence-electron chi connectivity index (χ1n) is 6.99. The Hall–Kier alpha value is -2.70. The molecule has 1 unspecified atom stereocenters. The van der Waals surface area contributed by atoms with Gasteiger partial charge in [-0.2, -0.15) is 0 Å². The van der Waals surface area contributed by atoms with Crippen molar-refractivity contribution in [2.45, 2.75) is 32.9 Å². The molecule has 2 aromatic rings. The summed E-state index contributed by atoms with van der Waals surface area (Å²) in [6.07, 6.45) is 5.32. The lowest BCUT2D eigenvalue weighted by Crippen LogP contribution is -2.11. The highest BCUT2D eigenvalue weighted by Gasteiger charge is 2.06. The van der Waals surface area contributed by atoms with Gasteiger partial charge < -0.3 is 15.2 Å². The molecule has 0 aliphatic heterocycles. The van der Waals surface area contributed by atoms with E-state index in [-0.39, 0.29) is 11.8 Å². The van der Waals surface area contributed by atoms with Crippen LogP contribution in [0.2, 0.25) is 0 Å². The Labute approximate surface area is 128 Å². The maximum absolute atomic E-state index is 10.7. The molecule has 0 aromatic carbocycles. The third-order valence-electron chi connectivity index (χ3n) is 3.04. The van der Waals surface area contributed by atoms with Gasteiger partial charge in [0.2, 0.25) is 5.88 Å². The van der Waals surface area contributed by atoms with Crippen LogP contribution in [-0.2, 0) is 6.54 Å². The minimum Gasteiger partial charge on any atom is -0.476 e. The highest BCUT2D eigenvalue weighted by Crippen LogP contribution is 2.13. The van der Waals surface area contributed by atoms with E-state index in [1.807, 2.05) is 19.1 Å². The van der Waals surface area contributed by atoms with Crippen molar-refractivity contribution >= 4 is 11.8 Å². The van der Waals surface area contributed by atoms with E-state index in [2.05, 4.69) is 27.2 Å².